The molecule has 0 fully saturated rings. The normalized spacial score (nSPS) is 12.9. The smallest absolute Gasteiger partial charge is 0.164 e. The molecule has 1 aliphatic rings. The predicted molar refractivity (Wildman–Crippen MR) is 242 cm³/mol. The van der Waals surface area contributed by atoms with Crippen molar-refractivity contribution in [2.24, 2.45) is 0 Å². The van der Waals surface area contributed by atoms with Crippen LogP contribution in [0.15, 0.2) is 205 Å². The topological polar surface area (TPSA) is 51.8 Å². The lowest BCUT2D eigenvalue weighted by molar-refractivity contribution is 0.669. The second kappa shape index (κ2) is 13.3. The molecule has 59 heavy (non-hydrogen) atoms. The van der Waals surface area contributed by atoms with Gasteiger partial charge in [-0.2, -0.15) is 0 Å². The van der Waals surface area contributed by atoms with Crippen LogP contribution in [0.1, 0.15) is 22.3 Å². The quantitative estimate of drug-likeness (QED) is 0.169. The molecule has 1 aliphatic carbocycles. The Morgan fingerprint density at radius 3 is 1.80 bits per heavy atom. The van der Waals surface area contributed by atoms with Crippen LogP contribution in [-0.4, -0.2) is 15.0 Å². The first-order valence-corrected chi connectivity index (χ1v) is 20.7. The average molecular weight is 772 g/mol. The van der Waals surface area contributed by atoms with E-state index in [1.165, 1.54) is 42.8 Å². The molecule has 276 valence electrons. The van der Waals surface area contributed by atoms with Crippen LogP contribution in [0.4, 0.5) is 0 Å². The summed E-state index contributed by atoms with van der Waals surface area (Å²) >= 11 is 1.81. The van der Waals surface area contributed by atoms with Crippen molar-refractivity contribution in [1.82, 2.24) is 15.0 Å². The molecule has 3 aromatic heterocycles. The largest absolute Gasteiger partial charge is 0.456 e. The molecule has 0 unspecified atom stereocenters. The third-order valence-electron chi connectivity index (χ3n) is 11.8. The van der Waals surface area contributed by atoms with E-state index in [1.807, 2.05) is 18.2 Å². The fourth-order valence-corrected chi connectivity index (χ4v) is 10.3. The average Bonchev–Trinajstić information content (AvgIpc) is 4.00. The van der Waals surface area contributed by atoms with Gasteiger partial charge in [0, 0.05) is 37.0 Å². The first-order valence-electron chi connectivity index (χ1n) is 19.8. The number of furan rings is 1. The Morgan fingerprint density at radius 1 is 0.407 bits per heavy atom. The molecule has 0 bridgehead atoms. The Bertz CT molecular complexity index is 3310. The Kier molecular flexibility index (Phi) is 7.59. The van der Waals surface area contributed by atoms with Gasteiger partial charge < -0.3 is 4.42 Å². The zero-order valence-electron chi connectivity index (χ0n) is 31.7. The number of para-hydroxylation sites is 1. The Labute approximate surface area is 344 Å². The van der Waals surface area contributed by atoms with Crippen molar-refractivity contribution in [2.75, 3.05) is 0 Å². The molecule has 0 N–H and O–H groups in total. The molecule has 0 saturated heterocycles. The number of fused-ring (bicyclic) bond motifs is 7. The molecular weight excluding hydrogens is 739 g/mol. The summed E-state index contributed by atoms with van der Waals surface area (Å²) < 4.78 is 7.64. The summed E-state index contributed by atoms with van der Waals surface area (Å²) in [6, 6.07) is 71.0. The molecular formula is C54H33N3OS. The highest BCUT2D eigenvalue weighted by Gasteiger charge is 2.47. The molecule has 8 aromatic carbocycles. The molecule has 0 atom stereocenters. The first-order chi connectivity index (χ1) is 29.2. The van der Waals surface area contributed by atoms with E-state index in [4.69, 9.17) is 19.4 Å². The molecule has 12 rings (SSSR count). The summed E-state index contributed by atoms with van der Waals surface area (Å²) in [5.74, 6) is 1.81. The highest BCUT2D eigenvalue weighted by atomic mass is 32.1. The third-order valence-corrected chi connectivity index (χ3v) is 13.0. The molecule has 3 heterocycles. The number of hydrogen-bond donors (Lipinski definition) is 0. The molecule has 4 nitrogen and oxygen atoms in total. The van der Waals surface area contributed by atoms with Gasteiger partial charge in [-0.15, -0.1) is 11.3 Å². The van der Waals surface area contributed by atoms with Gasteiger partial charge in [-0.1, -0.05) is 170 Å². The Morgan fingerprint density at radius 2 is 1.00 bits per heavy atom. The van der Waals surface area contributed by atoms with E-state index in [0.29, 0.717) is 17.5 Å². The van der Waals surface area contributed by atoms with E-state index in [-0.39, 0.29) is 0 Å². The lowest BCUT2D eigenvalue weighted by atomic mass is 9.67. The standard InChI is InChI=1S/C54H33N3OS/c1-3-15-38(16-4-1)54(39-17-5-2-6-18-39)44-22-10-8-20-42(44)50-43(21-13-23-45(50)54)53-56-51(35-28-26-34(27-29-35)49-33-36-14-7-12-25-48(36)59-49)55-52(57-53)37-30-31-41-40-19-9-11-24-46(40)58-47(41)32-37/h1-33H. The van der Waals surface area contributed by atoms with Crippen molar-refractivity contribution in [2.45, 2.75) is 5.41 Å². The predicted octanol–water partition coefficient (Wildman–Crippen LogP) is 14.0. The van der Waals surface area contributed by atoms with E-state index < -0.39 is 5.41 Å². The highest BCUT2D eigenvalue weighted by Crippen LogP contribution is 2.58. The molecule has 0 radical (unpaired) electrons. The molecule has 5 heteroatoms. The van der Waals surface area contributed by atoms with Crippen LogP contribution in [0.3, 0.4) is 0 Å². The van der Waals surface area contributed by atoms with Crippen LogP contribution in [0.5, 0.6) is 0 Å². The number of aromatic nitrogens is 3. The van der Waals surface area contributed by atoms with Gasteiger partial charge in [-0.25, -0.2) is 15.0 Å². The minimum Gasteiger partial charge on any atom is -0.456 e. The van der Waals surface area contributed by atoms with Gasteiger partial charge in [0.05, 0.1) is 5.41 Å². The van der Waals surface area contributed by atoms with Gasteiger partial charge in [0.2, 0.25) is 0 Å². The summed E-state index contributed by atoms with van der Waals surface area (Å²) in [7, 11) is 0. The van der Waals surface area contributed by atoms with Crippen LogP contribution in [0.2, 0.25) is 0 Å². The summed E-state index contributed by atoms with van der Waals surface area (Å²) in [4.78, 5) is 17.1. The molecule has 11 aromatic rings. The Hall–Kier alpha value is -7.47. The zero-order valence-corrected chi connectivity index (χ0v) is 32.5. The van der Waals surface area contributed by atoms with Gasteiger partial charge in [-0.3, -0.25) is 0 Å². The number of rotatable bonds is 6. The maximum atomic E-state index is 6.36. The maximum absolute atomic E-state index is 6.36. The Balaban J connectivity index is 1.08. The van der Waals surface area contributed by atoms with Gasteiger partial charge >= 0.3 is 0 Å². The van der Waals surface area contributed by atoms with Crippen LogP contribution in [0, 0.1) is 0 Å². The van der Waals surface area contributed by atoms with E-state index in [1.54, 1.807) is 11.3 Å². The third kappa shape index (κ3) is 5.25. The van der Waals surface area contributed by atoms with Crippen molar-refractivity contribution in [3.8, 4) is 55.7 Å². The second-order valence-corrected chi connectivity index (χ2v) is 16.2. The van der Waals surface area contributed by atoms with Crippen molar-refractivity contribution < 1.29 is 4.42 Å². The monoisotopic (exact) mass is 771 g/mol. The fraction of sp³-hybridized carbons (Fsp3) is 0.0185. The van der Waals surface area contributed by atoms with Crippen LogP contribution in [-0.2, 0) is 5.41 Å². The van der Waals surface area contributed by atoms with Crippen molar-refractivity contribution in [3.63, 3.8) is 0 Å². The van der Waals surface area contributed by atoms with E-state index in [2.05, 4.69) is 182 Å². The van der Waals surface area contributed by atoms with Crippen molar-refractivity contribution in [1.29, 1.82) is 0 Å². The van der Waals surface area contributed by atoms with Crippen LogP contribution < -0.4 is 0 Å². The van der Waals surface area contributed by atoms with Gasteiger partial charge in [0.25, 0.3) is 0 Å². The van der Waals surface area contributed by atoms with Crippen molar-refractivity contribution >= 4 is 43.4 Å². The van der Waals surface area contributed by atoms with E-state index >= 15 is 0 Å². The SMILES string of the molecule is c1ccc(C2(c3ccccc3)c3ccccc3-c3c(-c4nc(-c5ccc(-c6cc7ccccc7s6)cc5)nc(-c5ccc6c(c5)oc5ccccc56)n4)cccc32)cc1. The number of thiophene rings is 1. The summed E-state index contributed by atoms with van der Waals surface area (Å²) in [5.41, 5.74) is 12.2. The maximum Gasteiger partial charge on any atom is 0.164 e. The van der Waals surface area contributed by atoms with E-state index in [9.17, 15) is 0 Å². The van der Waals surface area contributed by atoms with Crippen LogP contribution in [0.25, 0.3) is 87.8 Å². The summed E-state index contributed by atoms with van der Waals surface area (Å²) in [6.07, 6.45) is 0. The lowest BCUT2D eigenvalue weighted by Gasteiger charge is -2.33. The summed E-state index contributed by atoms with van der Waals surface area (Å²) in [6.45, 7) is 0. The minimum absolute atomic E-state index is 0.544. The number of nitrogens with zero attached hydrogens (tertiary/aromatic N) is 3. The number of hydrogen-bond acceptors (Lipinski definition) is 5. The lowest BCUT2D eigenvalue weighted by Crippen LogP contribution is -2.28. The molecule has 0 amide bonds. The highest BCUT2D eigenvalue weighted by molar-refractivity contribution is 7.22. The zero-order chi connectivity index (χ0) is 38.9. The van der Waals surface area contributed by atoms with E-state index in [0.717, 1.165) is 49.8 Å². The van der Waals surface area contributed by atoms with Crippen molar-refractivity contribution in [3.05, 3.63) is 222 Å². The van der Waals surface area contributed by atoms with Crippen LogP contribution >= 0.6 is 11.3 Å². The van der Waals surface area contributed by atoms with Gasteiger partial charge in [0.15, 0.2) is 17.5 Å². The summed E-state index contributed by atoms with van der Waals surface area (Å²) in [5, 5.41) is 3.40. The minimum atomic E-state index is -0.544. The van der Waals surface area contributed by atoms with Gasteiger partial charge in [0.1, 0.15) is 11.2 Å². The fourth-order valence-electron chi connectivity index (χ4n) is 9.21. The number of benzene rings is 8. The van der Waals surface area contributed by atoms with Gasteiger partial charge in [-0.05, 0) is 74.7 Å². The molecule has 0 aliphatic heterocycles. The molecule has 0 spiro atoms. The molecule has 0 saturated carbocycles. The first kappa shape index (κ1) is 33.6. The second-order valence-electron chi connectivity index (χ2n) is 15.1.